The summed E-state index contributed by atoms with van der Waals surface area (Å²) < 4.78 is 17.6. The third kappa shape index (κ3) is 2.14. The molecular formula is C15H22BNO3. The van der Waals surface area contributed by atoms with Crippen LogP contribution < -0.4 is 10.5 Å². The van der Waals surface area contributed by atoms with Crippen LogP contribution in [0.25, 0.3) is 0 Å². The van der Waals surface area contributed by atoms with Gasteiger partial charge in [0.25, 0.3) is 0 Å². The maximum absolute atomic E-state index is 6.35. The molecule has 1 fully saturated rings. The first-order chi connectivity index (χ1) is 9.30. The number of ether oxygens (including phenoxy) is 1. The molecule has 0 aromatic heterocycles. The minimum absolute atomic E-state index is 0.290. The van der Waals surface area contributed by atoms with Gasteiger partial charge in [-0.25, -0.2) is 0 Å². The maximum atomic E-state index is 6.35. The summed E-state index contributed by atoms with van der Waals surface area (Å²) in [6, 6.07) is 6.10. The molecule has 0 bridgehead atoms. The van der Waals surface area contributed by atoms with Crippen molar-refractivity contribution in [2.24, 2.45) is 5.73 Å². The third-order valence-corrected chi connectivity index (χ3v) is 4.66. The fourth-order valence-electron chi connectivity index (χ4n) is 2.61. The van der Waals surface area contributed by atoms with Crippen molar-refractivity contribution in [2.75, 3.05) is 6.61 Å². The highest BCUT2D eigenvalue weighted by atomic mass is 16.7. The van der Waals surface area contributed by atoms with E-state index in [2.05, 4.69) is 6.07 Å². The van der Waals surface area contributed by atoms with Gasteiger partial charge in [0.05, 0.1) is 23.8 Å². The molecule has 2 aliphatic rings. The minimum atomic E-state index is -0.416. The van der Waals surface area contributed by atoms with Crippen LogP contribution in [0.15, 0.2) is 18.2 Å². The van der Waals surface area contributed by atoms with Crippen molar-refractivity contribution in [3.05, 3.63) is 29.3 Å². The van der Waals surface area contributed by atoms with Gasteiger partial charge >= 0.3 is 7.12 Å². The van der Waals surface area contributed by atoms with Crippen molar-refractivity contribution in [1.29, 1.82) is 0 Å². The van der Waals surface area contributed by atoms with Gasteiger partial charge in [-0.3, -0.25) is 0 Å². The molecule has 2 N–H and O–H groups in total. The predicted octanol–water partition coefficient (Wildman–Crippen LogP) is 2.25. The van der Waals surface area contributed by atoms with Gasteiger partial charge < -0.3 is 19.8 Å². The molecule has 0 spiro atoms. The number of nitrogens with two attached hydrogens (primary N) is 1. The second-order valence-electron chi connectivity index (χ2n) is 6.62. The van der Waals surface area contributed by atoms with E-state index in [9.17, 15) is 0 Å². The lowest BCUT2D eigenvalue weighted by Crippen LogP contribution is -2.41. The van der Waals surface area contributed by atoms with Crippen molar-refractivity contribution in [1.82, 2.24) is 0 Å². The van der Waals surface area contributed by atoms with Crippen molar-refractivity contribution in [2.45, 2.75) is 51.3 Å². The number of fused-ring (bicyclic) bond motifs is 1. The fraction of sp³-hybridized carbons (Fsp3) is 0.600. The lowest BCUT2D eigenvalue weighted by Gasteiger charge is -2.32. The molecule has 1 aromatic carbocycles. The molecule has 5 heteroatoms. The van der Waals surface area contributed by atoms with Gasteiger partial charge in [-0.05, 0) is 44.9 Å². The smallest absolute Gasteiger partial charge is 0.480 e. The Kier molecular flexibility index (Phi) is 3.12. The van der Waals surface area contributed by atoms with Crippen LogP contribution in [0.3, 0.4) is 0 Å². The Balaban J connectivity index is 1.82. The van der Waals surface area contributed by atoms with Crippen LogP contribution in [-0.4, -0.2) is 24.9 Å². The maximum Gasteiger partial charge on any atom is 0.480 e. The summed E-state index contributed by atoms with van der Waals surface area (Å²) in [5.41, 5.74) is 7.89. The van der Waals surface area contributed by atoms with Gasteiger partial charge in [-0.1, -0.05) is 12.1 Å². The lowest BCUT2D eigenvalue weighted by atomic mass is 9.74. The van der Waals surface area contributed by atoms with Gasteiger partial charge in [0, 0.05) is 6.42 Å². The summed E-state index contributed by atoms with van der Waals surface area (Å²) in [4.78, 5) is 0. The van der Waals surface area contributed by atoms with E-state index in [0.29, 0.717) is 0 Å². The molecule has 1 aromatic rings. The van der Waals surface area contributed by atoms with Crippen molar-refractivity contribution in [3.63, 3.8) is 0 Å². The van der Waals surface area contributed by atoms with Gasteiger partial charge in [0.2, 0.25) is 0 Å². The summed E-state index contributed by atoms with van der Waals surface area (Å²) >= 11 is 0. The van der Waals surface area contributed by atoms with Gasteiger partial charge in [-0.2, -0.15) is 0 Å². The normalized spacial score (nSPS) is 24.4. The zero-order valence-corrected chi connectivity index (χ0v) is 12.6. The lowest BCUT2D eigenvalue weighted by molar-refractivity contribution is 0.00578. The van der Waals surface area contributed by atoms with Crippen molar-refractivity contribution >= 4 is 7.12 Å². The highest BCUT2D eigenvalue weighted by molar-refractivity contribution is 6.47. The average molecular weight is 275 g/mol. The van der Waals surface area contributed by atoms with Gasteiger partial charge in [-0.15, -0.1) is 0 Å². The summed E-state index contributed by atoms with van der Waals surface area (Å²) in [6.45, 7) is 8.91. The van der Waals surface area contributed by atoms with Crippen LogP contribution in [0.5, 0.6) is 5.75 Å². The molecule has 0 unspecified atom stereocenters. The Hall–Kier alpha value is -1.04. The van der Waals surface area contributed by atoms with Crippen LogP contribution in [0.4, 0.5) is 0 Å². The highest BCUT2D eigenvalue weighted by Crippen LogP contribution is 2.40. The molecule has 2 heterocycles. The Bertz CT molecular complexity index is 514. The predicted molar refractivity (Wildman–Crippen MR) is 78.7 cm³/mol. The minimum Gasteiger partial charge on any atom is -0.493 e. The zero-order chi connectivity index (χ0) is 14.5. The average Bonchev–Trinajstić information content (AvgIpc) is 2.90. The number of benzene rings is 1. The largest absolute Gasteiger partial charge is 0.493 e. The van der Waals surface area contributed by atoms with E-state index >= 15 is 0 Å². The Morgan fingerprint density at radius 2 is 1.80 bits per heavy atom. The van der Waals surface area contributed by atoms with Gasteiger partial charge in [0.15, 0.2) is 0 Å². The number of rotatable bonds is 2. The van der Waals surface area contributed by atoms with Crippen LogP contribution in [-0.2, 0) is 15.7 Å². The summed E-state index contributed by atoms with van der Waals surface area (Å²) in [6.07, 6.45) is 0.944. The summed E-state index contributed by atoms with van der Waals surface area (Å²) in [5.74, 6) is 0.678. The second-order valence-corrected chi connectivity index (χ2v) is 6.62. The number of hydrogen-bond donors (Lipinski definition) is 1. The summed E-state index contributed by atoms with van der Waals surface area (Å²) in [7, 11) is -0.416. The van der Waals surface area contributed by atoms with E-state index in [1.807, 2.05) is 39.8 Å². The summed E-state index contributed by atoms with van der Waals surface area (Å²) in [5, 5.41) is 0. The molecular weight excluding hydrogens is 253 g/mol. The second kappa shape index (κ2) is 4.48. The van der Waals surface area contributed by atoms with Crippen LogP contribution in [0, 0.1) is 0 Å². The fourth-order valence-corrected chi connectivity index (χ4v) is 2.61. The topological polar surface area (TPSA) is 53.7 Å². The monoisotopic (exact) mass is 275 g/mol. The first-order valence-corrected chi connectivity index (χ1v) is 7.17. The molecule has 3 rings (SSSR count). The molecule has 0 saturated carbocycles. The molecule has 108 valence electrons. The van der Waals surface area contributed by atoms with Crippen molar-refractivity contribution < 1.29 is 14.0 Å². The van der Waals surface area contributed by atoms with Gasteiger partial charge in [0.1, 0.15) is 5.75 Å². The van der Waals surface area contributed by atoms with Crippen LogP contribution in [0.1, 0.15) is 44.8 Å². The molecule has 20 heavy (non-hydrogen) atoms. The first kappa shape index (κ1) is 13.9. The SMILES string of the molecule is CC1(C)OB([C@@H](N)c2ccc3c(c2)CCO3)OC1(C)C. The van der Waals surface area contributed by atoms with E-state index in [1.54, 1.807) is 0 Å². The highest BCUT2D eigenvalue weighted by Gasteiger charge is 2.53. The first-order valence-electron chi connectivity index (χ1n) is 7.17. The van der Waals surface area contributed by atoms with E-state index in [0.717, 1.165) is 24.3 Å². The zero-order valence-electron chi connectivity index (χ0n) is 12.6. The van der Waals surface area contributed by atoms with Crippen molar-refractivity contribution in [3.8, 4) is 5.75 Å². The quantitative estimate of drug-likeness (QED) is 0.841. The molecule has 2 aliphatic heterocycles. The van der Waals surface area contributed by atoms with E-state index in [1.165, 1.54) is 5.56 Å². The van der Waals surface area contributed by atoms with E-state index in [4.69, 9.17) is 19.8 Å². The molecule has 1 atom stereocenters. The molecule has 1 saturated heterocycles. The molecule has 0 radical (unpaired) electrons. The Labute approximate surface area is 120 Å². The third-order valence-electron chi connectivity index (χ3n) is 4.66. The molecule has 0 amide bonds. The van der Waals surface area contributed by atoms with E-state index in [-0.39, 0.29) is 17.1 Å². The number of hydrogen-bond acceptors (Lipinski definition) is 4. The Morgan fingerprint density at radius 1 is 1.15 bits per heavy atom. The van der Waals surface area contributed by atoms with E-state index < -0.39 is 7.12 Å². The Morgan fingerprint density at radius 3 is 2.45 bits per heavy atom. The molecule has 0 aliphatic carbocycles. The van der Waals surface area contributed by atoms with Crippen LogP contribution >= 0.6 is 0 Å². The standard InChI is InChI=1S/C15H22BNO3/c1-14(2)15(3,4)20-16(19-14)13(17)11-5-6-12-10(9-11)7-8-18-12/h5-6,9,13H,7-8,17H2,1-4H3/t13-/m0/s1. The molecule has 4 nitrogen and oxygen atoms in total. The van der Waals surface area contributed by atoms with Crippen LogP contribution in [0.2, 0.25) is 0 Å².